The highest BCUT2D eigenvalue weighted by Gasteiger charge is 2.68. The van der Waals surface area contributed by atoms with Gasteiger partial charge in [0.25, 0.3) is 0 Å². The zero-order valence-electron chi connectivity index (χ0n) is 15.5. The van der Waals surface area contributed by atoms with Gasteiger partial charge in [0.2, 0.25) is 0 Å². The van der Waals surface area contributed by atoms with E-state index in [4.69, 9.17) is 0 Å². The molecule has 0 radical (unpaired) electrons. The molecule has 3 saturated carbocycles. The molecule has 3 fully saturated rings. The maximum atomic E-state index is 12.3. The third-order valence-electron chi connectivity index (χ3n) is 8.70. The van der Waals surface area contributed by atoms with Crippen molar-refractivity contribution in [2.24, 2.45) is 28.6 Å². The minimum atomic E-state index is -0.930. The Morgan fingerprint density at radius 2 is 1.88 bits per heavy atom. The second kappa shape index (κ2) is 5.98. The number of aliphatic hydroxyl groups excluding tert-OH is 2. The average Bonchev–Trinajstić information content (AvgIpc) is 2.92. The van der Waals surface area contributed by atoms with E-state index in [1.54, 1.807) is 6.08 Å². The zero-order valence-corrected chi connectivity index (χ0v) is 15.5. The minimum absolute atomic E-state index is 0.0269. The molecule has 0 saturated heterocycles. The molecule has 0 bridgehead atoms. The molecule has 5 heteroatoms. The summed E-state index contributed by atoms with van der Waals surface area (Å²) in [4.78, 5) is 24.2. The first kappa shape index (κ1) is 18.3. The highest BCUT2D eigenvalue weighted by molar-refractivity contribution is 5.91. The molecule has 0 heterocycles. The van der Waals surface area contributed by atoms with Gasteiger partial charge in [0.05, 0.1) is 12.2 Å². The number of aliphatic hydroxyl groups is 3. The summed E-state index contributed by atoms with van der Waals surface area (Å²) in [6, 6.07) is 0. The summed E-state index contributed by atoms with van der Waals surface area (Å²) in [5.41, 5.74) is -0.741. The summed E-state index contributed by atoms with van der Waals surface area (Å²) in [7, 11) is 0. The SMILES string of the molecule is C[C@]12CC[C@@H]3[C@H](CCC4=CC(=O)CC[C@]43CO)[C@@]1(O)CC[C@H]2C(=O)CO. The Kier molecular flexibility index (Phi) is 4.22. The lowest BCUT2D eigenvalue weighted by Crippen LogP contribution is -2.62. The van der Waals surface area contributed by atoms with Crippen molar-refractivity contribution < 1.29 is 24.9 Å². The molecule has 144 valence electrons. The van der Waals surface area contributed by atoms with Crippen molar-refractivity contribution in [3.8, 4) is 0 Å². The van der Waals surface area contributed by atoms with E-state index in [9.17, 15) is 24.9 Å². The lowest BCUT2D eigenvalue weighted by atomic mass is 9.45. The molecule has 0 aromatic rings. The van der Waals surface area contributed by atoms with E-state index in [2.05, 4.69) is 0 Å². The van der Waals surface area contributed by atoms with Gasteiger partial charge in [0.15, 0.2) is 11.6 Å². The summed E-state index contributed by atoms with van der Waals surface area (Å²) in [5, 5.41) is 31.5. The van der Waals surface area contributed by atoms with Crippen LogP contribution in [-0.2, 0) is 9.59 Å². The van der Waals surface area contributed by atoms with Crippen LogP contribution in [0.2, 0.25) is 0 Å². The number of hydrogen-bond donors (Lipinski definition) is 3. The molecular weight excluding hydrogens is 332 g/mol. The second-order valence-electron chi connectivity index (χ2n) is 9.30. The molecule has 4 rings (SSSR count). The van der Waals surface area contributed by atoms with Crippen LogP contribution in [0, 0.1) is 28.6 Å². The van der Waals surface area contributed by atoms with E-state index in [0.29, 0.717) is 25.7 Å². The van der Waals surface area contributed by atoms with Crippen LogP contribution in [-0.4, -0.2) is 45.7 Å². The van der Waals surface area contributed by atoms with E-state index in [-0.39, 0.29) is 41.3 Å². The number of ketones is 2. The molecule has 3 N–H and O–H groups in total. The Bertz CT molecular complexity index is 669. The van der Waals surface area contributed by atoms with Crippen LogP contribution in [0.4, 0.5) is 0 Å². The molecule has 4 aliphatic rings. The monoisotopic (exact) mass is 362 g/mol. The summed E-state index contributed by atoms with van der Waals surface area (Å²) in [5.74, 6) is -0.0972. The molecule has 0 amide bonds. The highest BCUT2D eigenvalue weighted by Crippen LogP contribution is 2.68. The van der Waals surface area contributed by atoms with Gasteiger partial charge < -0.3 is 15.3 Å². The Morgan fingerprint density at radius 1 is 1.12 bits per heavy atom. The highest BCUT2D eigenvalue weighted by atomic mass is 16.3. The quantitative estimate of drug-likeness (QED) is 0.711. The number of rotatable bonds is 3. The first-order valence-corrected chi connectivity index (χ1v) is 10.0. The third kappa shape index (κ3) is 2.14. The summed E-state index contributed by atoms with van der Waals surface area (Å²) < 4.78 is 0. The van der Waals surface area contributed by atoms with Crippen molar-refractivity contribution in [3.63, 3.8) is 0 Å². The molecule has 0 aromatic carbocycles. The minimum Gasteiger partial charge on any atom is -0.395 e. The molecular formula is C21H30O5. The topological polar surface area (TPSA) is 94.8 Å². The van der Waals surface area contributed by atoms with E-state index in [1.165, 1.54) is 0 Å². The molecule has 0 aliphatic heterocycles. The Morgan fingerprint density at radius 3 is 2.58 bits per heavy atom. The van der Waals surface area contributed by atoms with Gasteiger partial charge >= 0.3 is 0 Å². The molecule has 6 atom stereocenters. The predicted octanol–water partition coefficient (Wildman–Crippen LogP) is 1.78. The molecule has 0 spiro atoms. The van der Waals surface area contributed by atoms with Crippen LogP contribution in [0.15, 0.2) is 11.6 Å². The first-order valence-electron chi connectivity index (χ1n) is 10.0. The Balaban J connectivity index is 1.73. The van der Waals surface area contributed by atoms with E-state index in [1.807, 2.05) is 6.92 Å². The van der Waals surface area contributed by atoms with Crippen LogP contribution in [0.3, 0.4) is 0 Å². The summed E-state index contributed by atoms with van der Waals surface area (Å²) >= 11 is 0. The number of carbonyl (C=O) groups is 2. The van der Waals surface area contributed by atoms with Gasteiger partial charge in [-0.05, 0) is 62.9 Å². The van der Waals surface area contributed by atoms with Crippen molar-refractivity contribution in [1.29, 1.82) is 0 Å². The van der Waals surface area contributed by atoms with Gasteiger partial charge in [-0.1, -0.05) is 12.5 Å². The fraction of sp³-hybridized carbons (Fsp3) is 0.810. The smallest absolute Gasteiger partial charge is 0.161 e. The molecule has 0 aromatic heterocycles. The Labute approximate surface area is 154 Å². The van der Waals surface area contributed by atoms with Gasteiger partial charge in [0.1, 0.15) is 6.61 Å². The maximum absolute atomic E-state index is 12.3. The van der Waals surface area contributed by atoms with Crippen molar-refractivity contribution >= 4 is 11.6 Å². The van der Waals surface area contributed by atoms with Crippen molar-refractivity contribution in [3.05, 3.63) is 11.6 Å². The van der Waals surface area contributed by atoms with Crippen molar-refractivity contribution in [1.82, 2.24) is 0 Å². The Hall–Kier alpha value is -1.04. The summed E-state index contributed by atoms with van der Waals surface area (Å²) in [6.07, 6.45) is 7.22. The average molecular weight is 362 g/mol. The van der Waals surface area contributed by atoms with Crippen LogP contribution in [0.1, 0.15) is 58.3 Å². The van der Waals surface area contributed by atoms with E-state index < -0.39 is 17.6 Å². The van der Waals surface area contributed by atoms with Gasteiger partial charge in [-0.25, -0.2) is 0 Å². The van der Waals surface area contributed by atoms with Gasteiger partial charge in [-0.2, -0.15) is 0 Å². The number of fused-ring (bicyclic) bond motifs is 5. The van der Waals surface area contributed by atoms with Gasteiger partial charge in [-0.15, -0.1) is 0 Å². The number of carbonyl (C=O) groups excluding carboxylic acids is 2. The number of hydrogen-bond acceptors (Lipinski definition) is 5. The zero-order chi connectivity index (χ0) is 18.7. The molecule has 0 unspecified atom stereocenters. The van der Waals surface area contributed by atoms with Crippen LogP contribution < -0.4 is 0 Å². The third-order valence-corrected chi connectivity index (χ3v) is 8.70. The van der Waals surface area contributed by atoms with E-state index >= 15 is 0 Å². The lowest BCUT2D eigenvalue weighted by molar-refractivity contribution is -0.191. The largest absolute Gasteiger partial charge is 0.395 e. The summed E-state index contributed by atoms with van der Waals surface area (Å²) in [6.45, 7) is 1.59. The van der Waals surface area contributed by atoms with Crippen molar-refractivity contribution in [2.75, 3.05) is 13.2 Å². The van der Waals surface area contributed by atoms with E-state index in [0.717, 1.165) is 31.3 Å². The molecule has 4 aliphatic carbocycles. The first-order chi connectivity index (χ1) is 12.3. The number of Topliss-reactive ketones (excluding diaryl/α,β-unsaturated/α-hetero) is 1. The predicted molar refractivity (Wildman–Crippen MR) is 95.2 cm³/mol. The van der Waals surface area contributed by atoms with Crippen molar-refractivity contribution in [2.45, 2.75) is 63.9 Å². The van der Waals surface area contributed by atoms with Crippen LogP contribution in [0.5, 0.6) is 0 Å². The normalized spacial score (nSPS) is 47.6. The van der Waals surface area contributed by atoms with Gasteiger partial charge in [-0.3, -0.25) is 9.59 Å². The van der Waals surface area contributed by atoms with Crippen LogP contribution in [0.25, 0.3) is 0 Å². The fourth-order valence-corrected chi connectivity index (χ4v) is 7.26. The van der Waals surface area contributed by atoms with Crippen LogP contribution >= 0.6 is 0 Å². The second-order valence-corrected chi connectivity index (χ2v) is 9.30. The van der Waals surface area contributed by atoms with Gasteiger partial charge in [0, 0.05) is 23.2 Å². The molecule has 5 nitrogen and oxygen atoms in total. The maximum Gasteiger partial charge on any atom is 0.161 e. The molecule has 26 heavy (non-hydrogen) atoms. The standard InChI is InChI=1S/C21H30O5/c1-19-7-5-15-16(21(19,26)9-6-17(19)18(25)11-22)3-2-13-10-14(24)4-8-20(13,15)12-23/h10,15-17,22-23,26H,2-9,11-12H2,1H3/t15-,16+,17+,19-,20+,21+/m1/s1. The lowest BCUT2D eigenvalue weighted by Gasteiger charge is -2.61. The fourth-order valence-electron chi connectivity index (χ4n) is 7.26.